The van der Waals surface area contributed by atoms with Crippen LogP contribution in [0.5, 0.6) is 0 Å². The van der Waals surface area contributed by atoms with Crippen LogP contribution in [0, 0.1) is 6.92 Å². The van der Waals surface area contributed by atoms with E-state index in [4.69, 9.17) is 27.6 Å². The normalized spacial score (nSPS) is 10.7. The summed E-state index contributed by atoms with van der Waals surface area (Å²) in [5.74, 6) is 1.14. The highest BCUT2D eigenvalue weighted by atomic mass is 35.5. The summed E-state index contributed by atoms with van der Waals surface area (Å²) >= 11 is 11.4. The fourth-order valence-electron chi connectivity index (χ4n) is 1.70. The fourth-order valence-corrected chi connectivity index (χ4v) is 1.97. The summed E-state index contributed by atoms with van der Waals surface area (Å²) < 4.78 is 6.37. The van der Waals surface area contributed by atoms with E-state index in [9.17, 15) is 9.59 Å². The lowest BCUT2D eigenvalue weighted by atomic mass is 10.4. The number of amides is 1. The third kappa shape index (κ3) is 3.65. The van der Waals surface area contributed by atoms with E-state index in [1.807, 2.05) is 13.0 Å². The summed E-state index contributed by atoms with van der Waals surface area (Å²) in [5.41, 5.74) is -0.597. The summed E-state index contributed by atoms with van der Waals surface area (Å²) in [5, 5.41) is 3.70. The van der Waals surface area contributed by atoms with Gasteiger partial charge in [-0.15, -0.1) is 0 Å². The topological polar surface area (TPSA) is 68.3 Å². The third-order valence-electron chi connectivity index (χ3n) is 2.84. The van der Waals surface area contributed by atoms with E-state index >= 15 is 0 Å². The molecule has 21 heavy (non-hydrogen) atoms. The zero-order chi connectivity index (χ0) is 15.6. The predicted octanol–water partition coefficient (Wildman–Crippen LogP) is 2.11. The standard InChI is InChI=1S/C13H13Cl2N3O3/c1-8-3-4-9(21-8)6-17(2)11(19)7-18-13(20)12(15)10(14)5-16-18/h3-5H,6-7H2,1-2H3. The first-order valence-electron chi connectivity index (χ1n) is 6.09. The average Bonchev–Trinajstić information content (AvgIpc) is 2.84. The summed E-state index contributed by atoms with van der Waals surface area (Å²) in [4.78, 5) is 25.3. The van der Waals surface area contributed by atoms with Crippen LogP contribution in [0.2, 0.25) is 10.0 Å². The van der Waals surface area contributed by atoms with Gasteiger partial charge in [0.05, 0.1) is 17.8 Å². The summed E-state index contributed by atoms with van der Waals surface area (Å²) in [6.45, 7) is 1.92. The number of nitrogens with zero attached hydrogens (tertiary/aromatic N) is 3. The lowest BCUT2D eigenvalue weighted by Crippen LogP contribution is -2.34. The van der Waals surface area contributed by atoms with Crippen molar-refractivity contribution in [3.63, 3.8) is 0 Å². The number of hydrogen-bond acceptors (Lipinski definition) is 4. The molecule has 0 atom stereocenters. The number of rotatable bonds is 4. The first-order valence-corrected chi connectivity index (χ1v) is 6.84. The minimum atomic E-state index is -0.597. The molecule has 0 aromatic carbocycles. The second-order valence-electron chi connectivity index (χ2n) is 4.53. The van der Waals surface area contributed by atoms with Crippen molar-refractivity contribution in [1.29, 1.82) is 0 Å². The lowest BCUT2D eigenvalue weighted by Gasteiger charge is -2.16. The Balaban J connectivity index is 2.07. The summed E-state index contributed by atoms with van der Waals surface area (Å²) in [6, 6.07) is 3.61. The maximum Gasteiger partial charge on any atom is 0.287 e. The van der Waals surface area contributed by atoms with Crippen molar-refractivity contribution in [2.75, 3.05) is 7.05 Å². The van der Waals surface area contributed by atoms with Gasteiger partial charge >= 0.3 is 0 Å². The van der Waals surface area contributed by atoms with Crippen LogP contribution in [0.15, 0.2) is 27.5 Å². The van der Waals surface area contributed by atoms with Crippen LogP contribution in [-0.2, 0) is 17.9 Å². The number of likely N-dealkylation sites (N-methyl/N-ethyl adjacent to an activating group) is 1. The molecule has 0 aliphatic rings. The number of aromatic nitrogens is 2. The Morgan fingerprint density at radius 3 is 2.76 bits per heavy atom. The van der Waals surface area contributed by atoms with Gasteiger partial charge in [-0.05, 0) is 19.1 Å². The molecule has 0 saturated carbocycles. The van der Waals surface area contributed by atoms with E-state index in [0.717, 1.165) is 10.4 Å². The minimum Gasteiger partial charge on any atom is -0.464 e. The molecular weight excluding hydrogens is 317 g/mol. The van der Waals surface area contributed by atoms with Crippen molar-refractivity contribution in [3.8, 4) is 0 Å². The molecule has 0 aliphatic carbocycles. The zero-order valence-electron chi connectivity index (χ0n) is 11.5. The van der Waals surface area contributed by atoms with E-state index in [-0.39, 0.29) is 22.5 Å². The number of carbonyl (C=O) groups is 1. The highest BCUT2D eigenvalue weighted by Crippen LogP contribution is 2.14. The van der Waals surface area contributed by atoms with E-state index in [0.29, 0.717) is 12.3 Å². The maximum absolute atomic E-state index is 12.1. The first-order chi connectivity index (χ1) is 9.88. The van der Waals surface area contributed by atoms with Gasteiger partial charge in [0.1, 0.15) is 23.1 Å². The van der Waals surface area contributed by atoms with Crippen LogP contribution < -0.4 is 5.56 Å². The largest absolute Gasteiger partial charge is 0.464 e. The molecule has 0 fully saturated rings. The minimum absolute atomic E-state index is 0.0600. The van der Waals surface area contributed by atoms with Crippen molar-refractivity contribution >= 4 is 29.1 Å². The SMILES string of the molecule is Cc1ccc(CN(C)C(=O)Cn2ncc(Cl)c(Cl)c2=O)o1. The van der Waals surface area contributed by atoms with E-state index < -0.39 is 5.56 Å². The van der Waals surface area contributed by atoms with E-state index in [1.165, 1.54) is 11.1 Å². The third-order valence-corrected chi connectivity index (χ3v) is 3.59. The molecule has 0 aliphatic heterocycles. The van der Waals surface area contributed by atoms with Crippen molar-refractivity contribution in [2.24, 2.45) is 0 Å². The average molecular weight is 330 g/mol. The van der Waals surface area contributed by atoms with Crippen LogP contribution in [0.25, 0.3) is 0 Å². The zero-order valence-corrected chi connectivity index (χ0v) is 13.0. The molecule has 0 saturated heterocycles. The Kier molecular flexibility index (Phi) is 4.69. The number of aryl methyl sites for hydroxylation is 1. The highest BCUT2D eigenvalue weighted by Gasteiger charge is 2.15. The van der Waals surface area contributed by atoms with Gasteiger partial charge in [-0.25, -0.2) is 4.68 Å². The molecule has 0 bridgehead atoms. The molecule has 2 aromatic heterocycles. The summed E-state index contributed by atoms with van der Waals surface area (Å²) in [6.07, 6.45) is 1.23. The van der Waals surface area contributed by atoms with Gasteiger partial charge in [0.25, 0.3) is 5.56 Å². The van der Waals surface area contributed by atoms with Crippen LogP contribution >= 0.6 is 23.2 Å². The number of hydrogen-bond donors (Lipinski definition) is 0. The summed E-state index contributed by atoms with van der Waals surface area (Å²) in [7, 11) is 1.61. The maximum atomic E-state index is 12.1. The van der Waals surface area contributed by atoms with Crippen LogP contribution in [0.3, 0.4) is 0 Å². The van der Waals surface area contributed by atoms with Crippen LogP contribution in [-0.4, -0.2) is 27.6 Å². The molecule has 2 aromatic rings. The Morgan fingerprint density at radius 1 is 1.43 bits per heavy atom. The van der Waals surface area contributed by atoms with Crippen molar-refractivity contribution < 1.29 is 9.21 Å². The van der Waals surface area contributed by atoms with Crippen LogP contribution in [0.1, 0.15) is 11.5 Å². The van der Waals surface area contributed by atoms with E-state index in [2.05, 4.69) is 5.10 Å². The van der Waals surface area contributed by atoms with Gasteiger partial charge < -0.3 is 9.32 Å². The Hall–Kier alpha value is -1.79. The van der Waals surface area contributed by atoms with E-state index in [1.54, 1.807) is 13.1 Å². The molecule has 0 unspecified atom stereocenters. The Labute approximate surface area is 130 Å². The molecule has 2 heterocycles. The second kappa shape index (κ2) is 6.32. The van der Waals surface area contributed by atoms with Gasteiger partial charge in [0.2, 0.25) is 5.91 Å². The number of halogens is 2. The number of furan rings is 1. The first kappa shape index (κ1) is 15.6. The smallest absolute Gasteiger partial charge is 0.287 e. The van der Waals surface area contributed by atoms with Crippen LogP contribution in [0.4, 0.5) is 0 Å². The van der Waals surface area contributed by atoms with Gasteiger partial charge in [-0.2, -0.15) is 5.10 Å². The van der Waals surface area contributed by atoms with Gasteiger partial charge in [0, 0.05) is 7.05 Å². The molecule has 8 heteroatoms. The quantitative estimate of drug-likeness (QED) is 0.861. The Morgan fingerprint density at radius 2 is 2.14 bits per heavy atom. The molecule has 112 valence electrons. The van der Waals surface area contributed by atoms with Crippen molar-refractivity contribution in [2.45, 2.75) is 20.0 Å². The van der Waals surface area contributed by atoms with Gasteiger partial charge in [-0.1, -0.05) is 23.2 Å². The monoisotopic (exact) mass is 329 g/mol. The van der Waals surface area contributed by atoms with Gasteiger partial charge in [0.15, 0.2) is 0 Å². The molecular formula is C13H13Cl2N3O3. The molecule has 0 N–H and O–H groups in total. The number of carbonyl (C=O) groups excluding carboxylic acids is 1. The Bertz CT molecular complexity index is 724. The molecule has 0 spiro atoms. The highest BCUT2D eigenvalue weighted by molar-refractivity contribution is 6.41. The van der Waals surface area contributed by atoms with Crippen molar-refractivity contribution in [1.82, 2.24) is 14.7 Å². The molecule has 2 rings (SSSR count). The molecule has 1 amide bonds. The molecule has 6 nitrogen and oxygen atoms in total. The molecule has 0 radical (unpaired) electrons. The predicted molar refractivity (Wildman–Crippen MR) is 78.4 cm³/mol. The fraction of sp³-hybridized carbons (Fsp3) is 0.308. The van der Waals surface area contributed by atoms with Crippen molar-refractivity contribution in [3.05, 3.63) is 50.2 Å². The second-order valence-corrected chi connectivity index (χ2v) is 5.32. The van der Waals surface area contributed by atoms with Gasteiger partial charge in [-0.3, -0.25) is 9.59 Å². The lowest BCUT2D eigenvalue weighted by molar-refractivity contribution is -0.131.